The molecular formula is C19H20ClFN2O3S. The van der Waals surface area contributed by atoms with Crippen LogP contribution in [0.5, 0.6) is 0 Å². The highest BCUT2D eigenvalue weighted by Gasteiger charge is 2.20. The summed E-state index contributed by atoms with van der Waals surface area (Å²) in [6, 6.07) is 7.19. The predicted molar refractivity (Wildman–Crippen MR) is 106 cm³/mol. The zero-order valence-electron chi connectivity index (χ0n) is 15.4. The summed E-state index contributed by atoms with van der Waals surface area (Å²) in [5.74, 6) is -1.08. The molecule has 0 fully saturated rings. The first-order valence-corrected chi connectivity index (χ1v) is 9.82. The summed E-state index contributed by atoms with van der Waals surface area (Å²) < 4.78 is 39.6. The molecule has 27 heavy (non-hydrogen) atoms. The van der Waals surface area contributed by atoms with E-state index in [9.17, 15) is 17.6 Å². The lowest BCUT2D eigenvalue weighted by molar-refractivity contribution is -0.111. The van der Waals surface area contributed by atoms with E-state index in [-0.39, 0.29) is 15.5 Å². The molecule has 0 bridgehead atoms. The molecule has 144 valence electrons. The van der Waals surface area contributed by atoms with Crippen LogP contribution < -0.4 is 5.32 Å². The van der Waals surface area contributed by atoms with E-state index in [1.165, 1.54) is 44.4 Å². The Bertz CT molecular complexity index is 998. The predicted octanol–water partition coefficient (Wildman–Crippen LogP) is 4.00. The molecule has 0 spiro atoms. The number of carbonyl (C=O) groups is 1. The number of hydrogen-bond donors (Lipinski definition) is 1. The van der Waals surface area contributed by atoms with Gasteiger partial charge in [0.15, 0.2) is 0 Å². The SMILES string of the molecule is Cc1cc(S(=O)(=O)N(C)C)cc(NC(=O)/C=C/c2c(F)cccc2Cl)c1C. The minimum Gasteiger partial charge on any atom is -0.322 e. The summed E-state index contributed by atoms with van der Waals surface area (Å²) in [7, 11) is -0.776. The molecule has 2 aromatic carbocycles. The Kier molecular flexibility index (Phi) is 6.41. The molecule has 0 aliphatic carbocycles. The second kappa shape index (κ2) is 8.21. The maximum atomic E-state index is 13.8. The van der Waals surface area contributed by atoms with Gasteiger partial charge in [0.05, 0.1) is 9.92 Å². The molecular weight excluding hydrogens is 391 g/mol. The normalized spacial score (nSPS) is 12.0. The van der Waals surface area contributed by atoms with Crippen LogP contribution in [0.15, 0.2) is 41.3 Å². The van der Waals surface area contributed by atoms with Crippen LogP contribution >= 0.6 is 11.6 Å². The van der Waals surface area contributed by atoms with Crippen molar-refractivity contribution >= 4 is 39.3 Å². The molecule has 2 rings (SSSR count). The third-order valence-corrected chi connectivity index (χ3v) is 6.20. The number of rotatable bonds is 5. The third-order valence-electron chi connectivity index (χ3n) is 4.08. The van der Waals surface area contributed by atoms with Gasteiger partial charge in [-0.05, 0) is 55.3 Å². The molecule has 0 aliphatic heterocycles. The van der Waals surface area contributed by atoms with Crippen molar-refractivity contribution < 1.29 is 17.6 Å². The summed E-state index contributed by atoms with van der Waals surface area (Å²) in [6.45, 7) is 3.53. The molecule has 1 amide bonds. The van der Waals surface area contributed by atoms with Crippen LogP contribution in [0.3, 0.4) is 0 Å². The van der Waals surface area contributed by atoms with E-state index < -0.39 is 21.7 Å². The first-order chi connectivity index (χ1) is 12.5. The van der Waals surface area contributed by atoms with Crippen molar-refractivity contribution in [2.24, 2.45) is 0 Å². The highest BCUT2D eigenvalue weighted by atomic mass is 35.5. The van der Waals surface area contributed by atoms with Gasteiger partial charge in [-0.1, -0.05) is 17.7 Å². The van der Waals surface area contributed by atoms with Gasteiger partial charge >= 0.3 is 0 Å². The largest absolute Gasteiger partial charge is 0.322 e. The summed E-state index contributed by atoms with van der Waals surface area (Å²) >= 11 is 5.93. The fraction of sp³-hybridized carbons (Fsp3) is 0.211. The van der Waals surface area contributed by atoms with Crippen LogP contribution in [0.1, 0.15) is 16.7 Å². The van der Waals surface area contributed by atoms with E-state index in [1.807, 2.05) is 0 Å². The molecule has 0 aromatic heterocycles. The molecule has 0 aliphatic rings. The Morgan fingerprint density at radius 1 is 1.22 bits per heavy atom. The van der Waals surface area contributed by atoms with Gasteiger partial charge in [-0.3, -0.25) is 4.79 Å². The monoisotopic (exact) mass is 410 g/mol. The molecule has 0 saturated heterocycles. The van der Waals surface area contributed by atoms with Gasteiger partial charge in [0.25, 0.3) is 0 Å². The highest BCUT2D eigenvalue weighted by Crippen LogP contribution is 2.26. The Balaban J connectivity index is 2.33. The second-order valence-corrected chi connectivity index (χ2v) is 8.72. The van der Waals surface area contributed by atoms with Crippen molar-refractivity contribution in [2.75, 3.05) is 19.4 Å². The molecule has 5 nitrogen and oxygen atoms in total. The van der Waals surface area contributed by atoms with Gasteiger partial charge in [0.2, 0.25) is 15.9 Å². The quantitative estimate of drug-likeness (QED) is 0.757. The second-order valence-electron chi connectivity index (χ2n) is 6.16. The number of halogens is 2. The minimum absolute atomic E-state index is 0.0760. The zero-order valence-corrected chi connectivity index (χ0v) is 17.0. The lowest BCUT2D eigenvalue weighted by Gasteiger charge is -2.16. The first kappa shape index (κ1) is 21.1. The average Bonchev–Trinajstić information content (AvgIpc) is 2.58. The molecule has 0 saturated carbocycles. The van der Waals surface area contributed by atoms with E-state index >= 15 is 0 Å². The summed E-state index contributed by atoms with van der Waals surface area (Å²) in [5, 5.41) is 2.82. The lowest BCUT2D eigenvalue weighted by atomic mass is 10.1. The molecule has 0 unspecified atom stereocenters. The number of nitrogens with zero attached hydrogens (tertiary/aromatic N) is 1. The van der Waals surface area contributed by atoms with Gasteiger partial charge in [0.1, 0.15) is 5.82 Å². The molecule has 8 heteroatoms. The summed E-state index contributed by atoms with van der Waals surface area (Å²) in [6.07, 6.45) is 2.42. The van der Waals surface area contributed by atoms with Gasteiger partial charge in [0, 0.05) is 31.4 Å². The molecule has 0 atom stereocenters. The van der Waals surface area contributed by atoms with Gasteiger partial charge in [-0.15, -0.1) is 0 Å². The minimum atomic E-state index is -3.64. The number of hydrogen-bond acceptors (Lipinski definition) is 3. The third kappa shape index (κ3) is 4.74. The number of nitrogens with one attached hydrogen (secondary N) is 1. The number of anilines is 1. The number of aryl methyl sites for hydroxylation is 1. The van der Waals surface area contributed by atoms with Crippen LogP contribution in [-0.2, 0) is 14.8 Å². The molecule has 0 heterocycles. The van der Waals surface area contributed by atoms with Gasteiger partial charge < -0.3 is 5.32 Å². The van der Waals surface area contributed by atoms with E-state index in [0.717, 1.165) is 15.9 Å². The van der Waals surface area contributed by atoms with Crippen molar-refractivity contribution in [3.8, 4) is 0 Å². The van der Waals surface area contributed by atoms with Crippen LogP contribution in [0.2, 0.25) is 5.02 Å². The van der Waals surface area contributed by atoms with Crippen LogP contribution in [-0.4, -0.2) is 32.7 Å². The van der Waals surface area contributed by atoms with Crippen LogP contribution in [0, 0.1) is 19.7 Å². The van der Waals surface area contributed by atoms with E-state index in [4.69, 9.17) is 11.6 Å². The zero-order chi connectivity index (χ0) is 20.4. The van der Waals surface area contributed by atoms with Crippen molar-refractivity contribution in [1.82, 2.24) is 4.31 Å². The standard InChI is InChI=1S/C19H20ClFN2O3S/c1-12-10-14(27(25,26)23(3)4)11-18(13(12)2)22-19(24)9-8-15-16(20)6-5-7-17(15)21/h5-11H,1-4H3,(H,22,24)/b9-8+. The summed E-state index contributed by atoms with van der Waals surface area (Å²) in [5.41, 5.74) is 1.92. The average molecular weight is 411 g/mol. The maximum absolute atomic E-state index is 13.8. The topological polar surface area (TPSA) is 66.5 Å². The number of carbonyl (C=O) groups excluding carboxylic acids is 1. The van der Waals surface area contributed by atoms with Crippen molar-refractivity contribution in [3.63, 3.8) is 0 Å². The Labute approximate surface area is 163 Å². The fourth-order valence-electron chi connectivity index (χ4n) is 2.32. The van der Waals surface area contributed by atoms with Crippen molar-refractivity contribution in [2.45, 2.75) is 18.7 Å². The van der Waals surface area contributed by atoms with Crippen LogP contribution in [0.4, 0.5) is 10.1 Å². The smallest absolute Gasteiger partial charge is 0.248 e. The van der Waals surface area contributed by atoms with Gasteiger partial charge in [-0.2, -0.15) is 0 Å². The van der Waals surface area contributed by atoms with E-state index in [0.29, 0.717) is 11.3 Å². The van der Waals surface area contributed by atoms with Crippen LogP contribution in [0.25, 0.3) is 6.08 Å². The summed E-state index contributed by atoms with van der Waals surface area (Å²) in [4.78, 5) is 12.3. The van der Waals surface area contributed by atoms with Crippen molar-refractivity contribution in [1.29, 1.82) is 0 Å². The number of sulfonamides is 1. The fourth-order valence-corrected chi connectivity index (χ4v) is 3.56. The first-order valence-electron chi connectivity index (χ1n) is 8.01. The molecule has 2 aromatic rings. The van der Waals surface area contributed by atoms with E-state index in [1.54, 1.807) is 19.9 Å². The maximum Gasteiger partial charge on any atom is 0.248 e. The Hall–Kier alpha value is -2.22. The van der Waals surface area contributed by atoms with Crippen molar-refractivity contribution in [3.05, 3.63) is 63.9 Å². The number of benzene rings is 2. The Morgan fingerprint density at radius 2 is 1.89 bits per heavy atom. The number of amides is 1. The van der Waals surface area contributed by atoms with Gasteiger partial charge in [-0.25, -0.2) is 17.1 Å². The highest BCUT2D eigenvalue weighted by molar-refractivity contribution is 7.89. The van der Waals surface area contributed by atoms with E-state index in [2.05, 4.69) is 5.32 Å². The molecule has 1 N–H and O–H groups in total. The lowest BCUT2D eigenvalue weighted by Crippen LogP contribution is -2.22. The Morgan fingerprint density at radius 3 is 2.48 bits per heavy atom. The molecule has 0 radical (unpaired) electrons.